The van der Waals surface area contributed by atoms with Crippen LogP contribution in [0.3, 0.4) is 0 Å². The van der Waals surface area contributed by atoms with Gasteiger partial charge in [-0.25, -0.2) is 0 Å². The van der Waals surface area contributed by atoms with Gasteiger partial charge in [0.25, 0.3) is 5.91 Å². The first-order valence-electron chi connectivity index (χ1n) is 4.93. The molecule has 0 saturated carbocycles. The Balaban J connectivity index is 3.03. The summed E-state index contributed by atoms with van der Waals surface area (Å²) in [7, 11) is 0. The highest BCUT2D eigenvalue weighted by Crippen LogP contribution is 2.31. The van der Waals surface area contributed by atoms with E-state index in [-0.39, 0.29) is 0 Å². The maximum atomic E-state index is 12.6. The number of carbonyl (C=O) groups excluding carboxylic acids is 1. The van der Waals surface area contributed by atoms with Crippen molar-refractivity contribution in [3.05, 3.63) is 35.4 Å². The molecule has 1 aromatic rings. The van der Waals surface area contributed by atoms with Crippen LogP contribution in [-0.4, -0.2) is 23.0 Å². The molecule has 0 radical (unpaired) electrons. The van der Waals surface area contributed by atoms with Gasteiger partial charge in [-0.1, -0.05) is 12.1 Å². The van der Waals surface area contributed by atoms with E-state index in [0.29, 0.717) is 0 Å². The van der Waals surface area contributed by atoms with Crippen LogP contribution in [-0.2, 0) is 11.0 Å². The van der Waals surface area contributed by atoms with Gasteiger partial charge in [0.05, 0.1) is 11.1 Å². The summed E-state index contributed by atoms with van der Waals surface area (Å²) in [6.45, 7) is 1.16. The molecule has 0 aliphatic rings. The fraction of sp³-hybridized carbons (Fsp3) is 0.273. The van der Waals surface area contributed by atoms with Crippen molar-refractivity contribution in [3.8, 4) is 0 Å². The highest BCUT2D eigenvalue weighted by Gasteiger charge is 2.35. The lowest BCUT2D eigenvalue weighted by molar-refractivity contribution is -0.138. The van der Waals surface area contributed by atoms with E-state index >= 15 is 0 Å². The Kier molecular flexibility index (Phi) is 3.95. The van der Waals surface area contributed by atoms with E-state index < -0.39 is 35.2 Å². The number of rotatable bonds is 3. The van der Waals surface area contributed by atoms with Crippen LogP contribution < -0.4 is 5.32 Å². The summed E-state index contributed by atoms with van der Waals surface area (Å²) in [5.74, 6) is -2.40. The molecule has 1 amide bonds. The summed E-state index contributed by atoms with van der Waals surface area (Å²) in [4.78, 5) is 22.1. The Hall–Kier alpha value is -2.05. The fourth-order valence-corrected chi connectivity index (χ4v) is 1.26. The van der Waals surface area contributed by atoms with Crippen LogP contribution in [0.4, 0.5) is 13.2 Å². The normalized spacial score (nSPS) is 12.9. The van der Waals surface area contributed by atoms with Crippen molar-refractivity contribution in [1.82, 2.24) is 5.32 Å². The molecule has 0 spiro atoms. The number of carboxylic acids is 1. The quantitative estimate of drug-likeness (QED) is 0.873. The van der Waals surface area contributed by atoms with Crippen molar-refractivity contribution in [1.29, 1.82) is 0 Å². The summed E-state index contributed by atoms with van der Waals surface area (Å²) in [6.07, 6.45) is -4.67. The average Bonchev–Trinajstić information content (AvgIpc) is 2.27. The first-order chi connectivity index (χ1) is 8.23. The summed E-state index contributed by atoms with van der Waals surface area (Å²) in [6, 6.07) is 2.92. The standard InChI is InChI=1S/C11H10F3NO3/c1-6(10(17)18)15-9(16)7-4-2-3-5-8(7)11(12,13)14/h2-6H,1H3,(H,15,16)(H,17,18)/t6-/m0/s1. The van der Waals surface area contributed by atoms with Crippen LogP contribution >= 0.6 is 0 Å². The molecule has 18 heavy (non-hydrogen) atoms. The molecule has 7 heteroatoms. The number of benzene rings is 1. The summed E-state index contributed by atoms with van der Waals surface area (Å²) >= 11 is 0. The zero-order chi connectivity index (χ0) is 13.9. The second-order valence-electron chi connectivity index (χ2n) is 3.58. The Morgan fingerprint density at radius 2 is 1.83 bits per heavy atom. The molecule has 2 N–H and O–H groups in total. The average molecular weight is 261 g/mol. The van der Waals surface area contributed by atoms with E-state index in [1.54, 1.807) is 0 Å². The predicted octanol–water partition coefficient (Wildman–Crippen LogP) is 1.91. The van der Waals surface area contributed by atoms with Crippen molar-refractivity contribution < 1.29 is 27.9 Å². The first kappa shape index (κ1) is 14.0. The molecule has 0 heterocycles. The second kappa shape index (κ2) is 5.07. The predicted molar refractivity (Wildman–Crippen MR) is 56.0 cm³/mol. The molecule has 0 saturated heterocycles. The minimum absolute atomic E-state index is 0.599. The third kappa shape index (κ3) is 3.22. The van der Waals surface area contributed by atoms with Gasteiger partial charge >= 0.3 is 12.1 Å². The molecule has 0 aliphatic carbocycles. The summed E-state index contributed by atoms with van der Waals surface area (Å²) in [5, 5.41) is 10.5. The van der Waals surface area contributed by atoms with Gasteiger partial charge in [-0.05, 0) is 19.1 Å². The molecule has 4 nitrogen and oxygen atoms in total. The molecule has 98 valence electrons. The van der Waals surface area contributed by atoms with E-state index in [2.05, 4.69) is 0 Å². The Labute approximate surface area is 100 Å². The van der Waals surface area contributed by atoms with Crippen LogP contribution in [0.15, 0.2) is 24.3 Å². The van der Waals surface area contributed by atoms with Gasteiger partial charge in [-0.2, -0.15) is 13.2 Å². The lowest BCUT2D eigenvalue weighted by Crippen LogP contribution is -2.39. The van der Waals surface area contributed by atoms with Crippen molar-refractivity contribution in [3.63, 3.8) is 0 Å². The molecular formula is C11H10F3NO3. The lowest BCUT2D eigenvalue weighted by Gasteiger charge is -2.14. The number of aliphatic carboxylic acids is 1. The van der Waals surface area contributed by atoms with Gasteiger partial charge in [0.2, 0.25) is 0 Å². The highest BCUT2D eigenvalue weighted by atomic mass is 19.4. The minimum atomic E-state index is -4.67. The second-order valence-corrected chi connectivity index (χ2v) is 3.58. The van der Waals surface area contributed by atoms with Crippen molar-refractivity contribution in [2.24, 2.45) is 0 Å². The van der Waals surface area contributed by atoms with Crippen molar-refractivity contribution in [2.45, 2.75) is 19.1 Å². The Bertz CT molecular complexity index is 471. The van der Waals surface area contributed by atoms with Gasteiger partial charge in [0.1, 0.15) is 6.04 Å². The zero-order valence-electron chi connectivity index (χ0n) is 9.28. The molecular weight excluding hydrogens is 251 g/mol. The molecule has 1 rings (SSSR count). The molecule has 1 aromatic carbocycles. The summed E-state index contributed by atoms with van der Waals surface area (Å²) < 4.78 is 37.8. The third-order valence-corrected chi connectivity index (χ3v) is 2.20. The number of amides is 1. The van der Waals surface area contributed by atoms with E-state index in [4.69, 9.17) is 5.11 Å². The minimum Gasteiger partial charge on any atom is -0.480 e. The van der Waals surface area contributed by atoms with Gasteiger partial charge in [0, 0.05) is 0 Å². The van der Waals surface area contributed by atoms with E-state index in [1.165, 1.54) is 6.07 Å². The highest BCUT2D eigenvalue weighted by molar-refractivity contribution is 5.97. The molecule has 0 unspecified atom stereocenters. The Morgan fingerprint density at radius 3 is 2.33 bits per heavy atom. The number of carbonyl (C=O) groups is 2. The number of nitrogens with one attached hydrogen (secondary N) is 1. The van der Waals surface area contributed by atoms with Gasteiger partial charge in [-0.15, -0.1) is 0 Å². The van der Waals surface area contributed by atoms with Crippen LogP contribution in [0.25, 0.3) is 0 Å². The van der Waals surface area contributed by atoms with Gasteiger partial charge in [-0.3, -0.25) is 9.59 Å². The molecule has 0 aliphatic heterocycles. The fourth-order valence-electron chi connectivity index (χ4n) is 1.26. The summed E-state index contributed by atoms with van der Waals surface area (Å²) in [5.41, 5.74) is -1.70. The van der Waals surface area contributed by atoms with Crippen LogP contribution in [0, 0.1) is 0 Å². The van der Waals surface area contributed by atoms with E-state index in [9.17, 15) is 22.8 Å². The van der Waals surface area contributed by atoms with Crippen LogP contribution in [0.5, 0.6) is 0 Å². The number of hydrogen-bond donors (Lipinski definition) is 2. The third-order valence-electron chi connectivity index (χ3n) is 2.20. The number of halogens is 3. The smallest absolute Gasteiger partial charge is 0.417 e. The molecule has 0 aromatic heterocycles. The van der Waals surface area contributed by atoms with Crippen molar-refractivity contribution >= 4 is 11.9 Å². The van der Waals surface area contributed by atoms with Crippen LogP contribution in [0.1, 0.15) is 22.8 Å². The van der Waals surface area contributed by atoms with Crippen LogP contribution in [0.2, 0.25) is 0 Å². The first-order valence-corrected chi connectivity index (χ1v) is 4.93. The number of alkyl halides is 3. The zero-order valence-corrected chi connectivity index (χ0v) is 9.28. The topological polar surface area (TPSA) is 66.4 Å². The number of carboxylic acid groups (broad SMARTS) is 1. The molecule has 0 bridgehead atoms. The monoisotopic (exact) mass is 261 g/mol. The van der Waals surface area contributed by atoms with Crippen molar-refractivity contribution in [2.75, 3.05) is 0 Å². The van der Waals surface area contributed by atoms with Gasteiger partial charge in [0.15, 0.2) is 0 Å². The van der Waals surface area contributed by atoms with E-state index in [1.807, 2.05) is 5.32 Å². The molecule has 0 fully saturated rings. The molecule has 1 atom stereocenters. The largest absolute Gasteiger partial charge is 0.480 e. The van der Waals surface area contributed by atoms with Gasteiger partial charge < -0.3 is 10.4 Å². The Morgan fingerprint density at radius 1 is 1.28 bits per heavy atom. The maximum Gasteiger partial charge on any atom is 0.417 e. The van der Waals surface area contributed by atoms with E-state index in [0.717, 1.165) is 25.1 Å². The lowest BCUT2D eigenvalue weighted by atomic mass is 10.1. The maximum absolute atomic E-state index is 12.6. The SMILES string of the molecule is C[C@H](NC(=O)c1ccccc1C(F)(F)F)C(=O)O. The number of hydrogen-bond acceptors (Lipinski definition) is 2.